The van der Waals surface area contributed by atoms with Gasteiger partial charge < -0.3 is 0 Å². The molecule has 2 N–H and O–H groups in total. The smallest absolute Gasteiger partial charge is 0.241 e. The minimum absolute atomic E-state index is 0.0176. The molecule has 0 saturated heterocycles. The Morgan fingerprint density at radius 2 is 1.71 bits per heavy atom. The van der Waals surface area contributed by atoms with Gasteiger partial charge in [0.15, 0.2) is 0 Å². The zero-order valence-electron chi connectivity index (χ0n) is 11.3. The minimum Gasteiger partial charge on any atom is -0.291 e. The van der Waals surface area contributed by atoms with Gasteiger partial charge in [-0.05, 0) is 23.5 Å². The molecule has 17 heavy (non-hydrogen) atoms. The molecular weight excluding hydrogens is 212 g/mol. The second-order valence-electron chi connectivity index (χ2n) is 5.33. The fraction of sp³-hybridized carbons (Fsp3) is 0.500. The number of hydrogen-bond donors (Lipinski definition) is 2. The molecule has 0 radical (unpaired) electrons. The third kappa shape index (κ3) is 3.56. The van der Waals surface area contributed by atoms with Crippen LogP contribution in [0.15, 0.2) is 24.3 Å². The standard InChI is InChI=1S/C14H22N2O/c1-10(13(17)16-15-5)11-6-8-12(9-7-11)14(2,3)4/h6-10,15H,1-5H3,(H,16,17). The number of rotatable bonds is 3. The molecular formula is C14H22N2O. The van der Waals surface area contributed by atoms with Crippen LogP contribution in [0.5, 0.6) is 0 Å². The normalized spacial score (nSPS) is 13.2. The van der Waals surface area contributed by atoms with Crippen LogP contribution in [0.2, 0.25) is 0 Å². The third-order valence-corrected chi connectivity index (χ3v) is 2.92. The Bertz CT molecular complexity index is 376. The van der Waals surface area contributed by atoms with Gasteiger partial charge in [-0.1, -0.05) is 45.0 Å². The molecule has 1 atom stereocenters. The molecule has 0 saturated carbocycles. The van der Waals surface area contributed by atoms with Gasteiger partial charge in [-0.3, -0.25) is 10.2 Å². The lowest BCUT2D eigenvalue weighted by Crippen LogP contribution is -2.37. The predicted octanol–water partition coefficient (Wildman–Crippen LogP) is 2.34. The van der Waals surface area contributed by atoms with Gasteiger partial charge in [-0.25, -0.2) is 5.43 Å². The molecule has 3 heteroatoms. The molecule has 0 fully saturated rings. The summed E-state index contributed by atoms with van der Waals surface area (Å²) >= 11 is 0. The van der Waals surface area contributed by atoms with E-state index in [4.69, 9.17) is 0 Å². The number of carbonyl (C=O) groups excluding carboxylic acids is 1. The highest BCUT2D eigenvalue weighted by molar-refractivity contribution is 5.82. The third-order valence-electron chi connectivity index (χ3n) is 2.92. The van der Waals surface area contributed by atoms with Crippen molar-refractivity contribution in [2.24, 2.45) is 0 Å². The van der Waals surface area contributed by atoms with Crippen LogP contribution in [0.1, 0.15) is 44.7 Å². The number of nitrogens with one attached hydrogen (secondary N) is 2. The highest BCUT2D eigenvalue weighted by atomic mass is 16.2. The molecule has 3 nitrogen and oxygen atoms in total. The van der Waals surface area contributed by atoms with Gasteiger partial charge in [0.05, 0.1) is 5.92 Å². The Balaban J connectivity index is 2.84. The summed E-state index contributed by atoms with van der Waals surface area (Å²) in [4.78, 5) is 11.7. The van der Waals surface area contributed by atoms with Crippen LogP contribution in [0.3, 0.4) is 0 Å². The average Bonchev–Trinajstić information content (AvgIpc) is 2.27. The molecule has 1 rings (SSSR count). The summed E-state index contributed by atoms with van der Waals surface area (Å²) in [7, 11) is 1.69. The first-order chi connectivity index (χ1) is 7.86. The second-order valence-corrected chi connectivity index (χ2v) is 5.33. The first-order valence-corrected chi connectivity index (χ1v) is 5.93. The minimum atomic E-state index is -0.142. The lowest BCUT2D eigenvalue weighted by molar-refractivity contribution is -0.123. The van der Waals surface area contributed by atoms with Crippen LogP contribution in [0, 0.1) is 0 Å². The maximum atomic E-state index is 11.7. The van der Waals surface area contributed by atoms with Gasteiger partial charge in [-0.15, -0.1) is 0 Å². The lowest BCUT2D eigenvalue weighted by Gasteiger charge is -2.20. The maximum absolute atomic E-state index is 11.7. The molecule has 94 valence electrons. The van der Waals surface area contributed by atoms with Crippen molar-refractivity contribution in [1.82, 2.24) is 10.9 Å². The Hall–Kier alpha value is -1.35. The second kappa shape index (κ2) is 5.32. The molecule has 0 aliphatic rings. The van der Waals surface area contributed by atoms with Crippen LogP contribution in [0.4, 0.5) is 0 Å². The highest BCUT2D eigenvalue weighted by Crippen LogP contribution is 2.24. The molecule has 1 amide bonds. The number of benzene rings is 1. The summed E-state index contributed by atoms with van der Waals surface area (Å²) < 4.78 is 0. The van der Waals surface area contributed by atoms with Crippen LogP contribution in [0.25, 0.3) is 0 Å². The number of amides is 1. The van der Waals surface area contributed by atoms with E-state index >= 15 is 0 Å². The SMILES string of the molecule is CNNC(=O)C(C)c1ccc(C(C)(C)C)cc1. The predicted molar refractivity (Wildman–Crippen MR) is 70.8 cm³/mol. The van der Waals surface area contributed by atoms with Crippen molar-refractivity contribution < 1.29 is 4.79 Å². The van der Waals surface area contributed by atoms with Crippen molar-refractivity contribution in [3.8, 4) is 0 Å². The summed E-state index contributed by atoms with van der Waals surface area (Å²) in [6.45, 7) is 8.44. The van der Waals surface area contributed by atoms with E-state index in [1.165, 1.54) is 5.56 Å². The molecule has 0 aromatic heterocycles. The summed E-state index contributed by atoms with van der Waals surface area (Å²) in [5.41, 5.74) is 7.71. The molecule has 0 heterocycles. The van der Waals surface area contributed by atoms with Crippen molar-refractivity contribution in [1.29, 1.82) is 0 Å². The molecule has 1 aromatic rings. The Morgan fingerprint density at radius 1 is 1.18 bits per heavy atom. The zero-order chi connectivity index (χ0) is 13.1. The number of hydrogen-bond acceptors (Lipinski definition) is 2. The van der Waals surface area contributed by atoms with Gasteiger partial charge in [-0.2, -0.15) is 0 Å². The van der Waals surface area contributed by atoms with E-state index in [1.54, 1.807) is 7.05 Å². The van der Waals surface area contributed by atoms with Gasteiger partial charge >= 0.3 is 0 Å². The monoisotopic (exact) mass is 234 g/mol. The first kappa shape index (κ1) is 13.7. The van der Waals surface area contributed by atoms with Crippen molar-refractivity contribution in [2.45, 2.75) is 39.0 Å². The topological polar surface area (TPSA) is 41.1 Å². The zero-order valence-corrected chi connectivity index (χ0v) is 11.3. The van der Waals surface area contributed by atoms with E-state index < -0.39 is 0 Å². The Morgan fingerprint density at radius 3 is 2.12 bits per heavy atom. The van der Waals surface area contributed by atoms with Crippen LogP contribution >= 0.6 is 0 Å². The Kier molecular flexibility index (Phi) is 4.29. The molecule has 1 unspecified atom stereocenters. The highest BCUT2D eigenvalue weighted by Gasteiger charge is 2.17. The van der Waals surface area contributed by atoms with Crippen molar-refractivity contribution in [3.63, 3.8) is 0 Å². The van der Waals surface area contributed by atoms with Crippen molar-refractivity contribution in [2.75, 3.05) is 7.05 Å². The van der Waals surface area contributed by atoms with Gasteiger partial charge in [0.1, 0.15) is 0 Å². The number of hydrazine groups is 1. The first-order valence-electron chi connectivity index (χ1n) is 5.93. The fourth-order valence-electron chi connectivity index (χ4n) is 1.65. The van der Waals surface area contributed by atoms with Crippen LogP contribution in [-0.4, -0.2) is 13.0 Å². The van der Waals surface area contributed by atoms with E-state index in [0.717, 1.165) is 5.56 Å². The average molecular weight is 234 g/mol. The largest absolute Gasteiger partial charge is 0.291 e. The summed E-state index contributed by atoms with van der Waals surface area (Å²) in [6, 6.07) is 8.25. The molecule has 0 aliphatic carbocycles. The number of carbonyl (C=O) groups is 1. The maximum Gasteiger partial charge on any atom is 0.241 e. The van der Waals surface area contributed by atoms with Crippen molar-refractivity contribution >= 4 is 5.91 Å². The molecule has 0 bridgehead atoms. The Labute approximate surface area is 104 Å². The molecule has 1 aromatic carbocycles. The quantitative estimate of drug-likeness (QED) is 0.788. The van der Waals surface area contributed by atoms with Crippen molar-refractivity contribution in [3.05, 3.63) is 35.4 Å². The van der Waals surface area contributed by atoms with Crippen LogP contribution < -0.4 is 10.9 Å². The summed E-state index contributed by atoms with van der Waals surface area (Å²) in [6.07, 6.45) is 0. The fourth-order valence-corrected chi connectivity index (χ4v) is 1.65. The van der Waals surface area contributed by atoms with Gasteiger partial charge in [0, 0.05) is 7.05 Å². The van der Waals surface area contributed by atoms with E-state index in [9.17, 15) is 4.79 Å². The molecule has 0 spiro atoms. The molecule has 0 aliphatic heterocycles. The summed E-state index contributed by atoms with van der Waals surface area (Å²) in [5.74, 6) is -0.160. The summed E-state index contributed by atoms with van der Waals surface area (Å²) in [5, 5.41) is 0. The van der Waals surface area contributed by atoms with Gasteiger partial charge in [0.2, 0.25) is 5.91 Å². The van der Waals surface area contributed by atoms with Crippen LogP contribution in [-0.2, 0) is 10.2 Å². The van der Waals surface area contributed by atoms with E-state index in [-0.39, 0.29) is 17.2 Å². The van der Waals surface area contributed by atoms with E-state index in [0.29, 0.717) is 0 Å². The van der Waals surface area contributed by atoms with Gasteiger partial charge in [0.25, 0.3) is 0 Å². The van der Waals surface area contributed by atoms with E-state index in [1.807, 2.05) is 19.1 Å². The van der Waals surface area contributed by atoms with E-state index in [2.05, 4.69) is 43.8 Å². The lowest BCUT2D eigenvalue weighted by atomic mass is 9.85.